The maximum absolute atomic E-state index is 13.0. The molecule has 3 heterocycles. The lowest BCUT2D eigenvalue weighted by Gasteiger charge is -2.33. The van der Waals surface area contributed by atoms with Gasteiger partial charge in [0.2, 0.25) is 0 Å². The molecule has 0 saturated carbocycles. The molecular weight excluding hydrogens is 370 g/mol. The molecule has 1 aromatic heterocycles. The minimum atomic E-state index is -3.59. The number of fused-ring (bicyclic) bond motifs is 2. The molecule has 138 valence electrons. The van der Waals surface area contributed by atoms with Crippen molar-refractivity contribution in [1.82, 2.24) is 9.62 Å². The van der Waals surface area contributed by atoms with Crippen molar-refractivity contribution in [3.63, 3.8) is 0 Å². The van der Waals surface area contributed by atoms with E-state index in [1.54, 1.807) is 12.1 Å². The summed E-state index contributed by atoms with van der Waals surface area (Å²) in [5.41, 5.74) is 1.25. The summed E-state index contributed by atoms with van der Waals surface area (Å²) >= 11 is 1.26. The van der Waals surface area contributed by atoms with E-state index < -0.39 is 10.0 Å². The Labute approximate surface area is 157 Å². The van der Waals surface area contributed by atoms with Gasteiger partial charge in [0.25, 0.3) is 10.0 Å². The maximum atomic E-state index is 13.0. The first-order valence-electron chi connectivity index (χ1n) is 8.68. The summed E-state index contributed by atoms with van der Waals surface area (Å²) in [5, 5.41) is 9.91. The van der Waals surface area contributed by atoms with Crippen molar-refractivity contribution >= 4 is 31.4 Å². The number of benzene rings is 1. The third-order valence-electron chi connectivity index (χ3n) is 5.18. The molecule has 8 heteroatoms. The molecule has 2 saturated heterocycles. The zero-order valence-corrected chi connectivity index (χ0v) is 16.4. The fourth-order valence-electron chi connectivity index (χ4n) is 3.92. The summed E-state index contributed by atoms with van der Waals surface area (Å²) in [5.74, 6) is 0. The van der Waals surface area contributed by atoms with Crippen LogP contribution in [0.4, 0.5) is 0 Å². The van der Waals surface area contributed by atoms with Gasteiger partial charge in [0.05, 0.1) is 24.3 Å². The smallest absolute Gasteiger partial charge is 0.250 e. The van der Waals surface area contributed by atoms with Gasteiger partial charge in [-0.3, -0.25) is 4.90 Å². The molecule has 2 aliphatic heterocycles. The predicted octanol–water partition coefficient (Wildman–Crippen LogP) is 2.22. The van der Waals surface area contributed by atoms with E-state index in [1.807, 2.05) is 19.9 Å². The van der Waals surface area contributed by atoms with E-state index in [-0.39, 0.29) is 12.1 Å². The molecule has 0 aliphatic carbocycles. The highest BCUT2D eigenvalue weighted by Crippen LogP contribution is 2.35. The van der Waals surface area contributed by atoms with Gasteiger partial charge < -0.3 is 4.74 Å². The van der Waals surface area contributed by atoms with E-state index in [0.717, 1.165) is 29.6 Å². The highest BCUT2D eigenvalue weighted by Gasteiger charge is 2.38. The van der Waals surface area contributed by atoms with Gasteiger partial charge >= 0.3 is 0 Å². The van der Waals surface area contributed by atoms with Gasteiger partial charge in [-0.25, -0.2) is 13.1 Å². The normalized spacial score (nSPS) is 26.7. The lowest BCUT2D eigenvalue weighted by atomic mass is 10.1. The molecule has 0 amide bonds. The molecule has 0 radical (unpaired) electrons. The average molecular weight is 392 g/mol. The average Bonchev–Trinajstić information content (AvgIpc) is 3.14. The van der Waals surface area contributed by atoms with Crippen LogP contribution in [0, 0.1) is 18.3 Å². The van der Waals surface area contributed by atoms with Gasteiger partial charge in [0, 0.05) is 29.9 Å². The van der Waals surface area contributed by atoms with Crippen molar-refractivity contribution in [2.45, 2.75) is 42.7 Å². The lowest BCUT2D eigenvalue weighted by Crippen LogP contribution is -2.45. The van der Waals surface area contributed by atoms with Gasteiger partial charge in [-0.05, 0) is 49.4 Å². The third-order valence-corrected chi connectivity index (χ3v) is 8.59. The van der Waals surface area contributed by atoms with Gasteiger partial charge in [-0.1, -0.05) is 0 Å². The molecule has 2 aliphatic rings. The van der Waals surface area contributed by atoms with Gasteiger partial charge in [0.15, 0.2) is 0 Å². The number of nitriles is 1. The largest absolute Gasteiger partial charge is 0.376 e. The van der Waals surface area contributed by atoms with Crippen molar-refractivity contribution in [3.05, 3.63) is 29.3 Å². The molecule has 0 bridgehead atoms. The number of sulfonamides is 1. The first-order chi connectivity index (χ1) is 12.4. The summed E-state index contributed by atoms with van der Waals surface area (Å²) in [4.78, 5) is 2.32. The third kappa shape index (κ3) is 3.15. The first-order valence-corrected chi connectivity index (χ1v) is 11.0. The van der Waals surface area contributed by atoms with Crippen molar-refractivity contribution < 1.29 is 13.2 Å². The van der Waals surface area contributed by atoms with Crippen molar-refractivity contribution in [1.29, 1.82) is 5.26 Å². The van der Waals surface area contributed by atoms with Crippen LogP contribution >= 0.6 is 11.3 Å². The zero-order valence-electron chi connectivity index (χ0n) is 14.7. The second-order valence-corrected chi connectivity index (χ2v) is 10.1. The predicted molar refractivity (Wildman–Crippen MR) is 101 cm³/mol. The van der Waals surface area contributed by atoms with Crippen molar-refractivity contribution in [2.24, 2.45) is 0 Å². The van der Waals surface area contributed by atoms with E-state index in [9.17, 15) is 8.42 Å². The second kappa shape index (κ2) is 6.59. The SMILES string of the molecule is Cc1c(S(=O)(=O)N[C@@H]2C[C@H]3CO[C@@H](C)CN3C2)sc2ccc(C#N)cc12. The van der Waals surface area contributed by atoms with Crippen LogP contribution in [0.15, 0.2) is 22.4 Å². The lowest BCUT2D eigenvalue weighted by molar-refractivity contribution is -0.0390. The quantitative estimate of drug-likeness (QED) is 0.868. The fourth-order valence-corrected chi connectivity index (χ4v) is 6.93. The van der Waals surface area contributed by atoms with Crippen LogP contribution in [0.5, 0.6) is 0 Å². The Morgan fingerprint density at radius 3 is 2.96 bits per heavy atom. The molecule has 4 rings (SSSR count). The van der Waals surface area contributed by atoms with Crippen LogP contribution in [0.25, 0.3) is 10.1 Å². The molecule has 6 nitrogen and oxygen atoms in total. The zero-order chi connectivity index (χ0) is 18.5. The molecule has 0 unspecified atom stereocenters. The minimum absolute atomic E-state index is 0.0989. The van der Waals surface area contributed by atoms with Gasteiger partial charge in [-0.2, -0.15) is 5.26 Å². The Kier molecular flexibility index (Phi) is 4.53. The number of rotatable bonds is 3. The highest BCUT2D eigenvalue weighted by atomic mass is 32.2. The summed E-state index contributed by atoms with van der Waals surface area (Å²) in [6.07, 6.45) is 0.967. The van der Waals surface area contributed by atoms with E-state index >= 15 is 0 Å². The Hall–Kier alpha value is -1.50. The molecular formula is C18H21N3O3S2. The molecule has 0 spiro atoms. The number of aryl methyl sites for hydroxylation is 1. The number of hydrogen-bond acceptors (Lipinski definition) is 6. The molecule has 2 fully saturated rings. The van der Waals surface area contributed by atoms with E-state index in [4.69, 9.17) is 10.00 Å². The number of morpholine rings is 1. The Bertz CT molecular complexity index is 993. The number of thiophene rings is 1. The van der Waals surface area contributed by atoms with Crippen LogP contribution in [-0.4, -0.2) is 51.2 Å². The number of ether oxygens (including phenoxy) is 1. The Morgan fingerprint density at radius 2 is 2.19 bits per heavy atom. The summed E-state index contributed by atoms with van der Waals surface area (Å²) in [6.45, 7) is 6.09. The number of nitrogens with zero attached hydrogens (tertiary/aromatic N) is 2. The Balaban J connectivity index is 1.58. The summed E-state index contributed by atoms with van der Waals surface area (Å²) in [7, 11) is -3.59. The molecule has 2 aromatic rings. The van der Waals surface area contributed by atoms with E-state index in [0.29, 0.717) is 28.0 Å². The van der Waals surface area contributed by atoms with Crippen LogP contribution in [0.3, 0.4) is 0 Å². The number of hydrogen-bond donors (Lipinski definition) is 1. The molecule has 1 aromatic carbocycles. The van der Waals surface area contributed by atoms with E-state index in [1.165, 1.54) is 11.3 Å². The van der Waals surface area contributed by atoms with Gasteiger partial charge in [-0.15, -0.1) is 11.3 Å². The fraction of sp³-hybridized carbons (Fsp3) is 0.500. The van der Waals surface area contributed by atoms with Crippen molar-refractivity contribution in [3.8, 4) is 6.07 Å². The monoisotopic (exact) mass is 391 g/mol. The van der Waals surface area contributed by atoms with Crippen LogP contribution in [0.1, 0.15) is 24.5 Å². The number of nitrogens with one attached hydrogen (secondary N) is 1. The molecule has 3 atom stereocenters. The van der Waals surface area contributed by atoms with Crippen LogP contribution in [-0.2, 0) is 14.8 Å². The highest BCUT2D eigenvalue weighted by molar-refractivity contribution is 7.91. The Morgan fingerprint density at radius 1 is 1.38 bits per heavy atom. The first kappa shape index (κ1) is 17.9. The van der Waals surface area contributed by atoms with Crippen molar-refractivity contribution in [2.75, 3.05) is 19.7 Å². The second-order valence-electron chi connectivity index (χ2n) is 7.14. The van der Waals surface area contributed by atoms with Crippen LogP contribution in [0.2, 0.25) is 0 Å². The van der Waals surface area contributed by atoms with E-state index in [2.05, 4.69) is 15.7 Å². The summed E-state index contributed by atoms with van der Waals surface area (Å²) < 4.78 is 35.8. The van der Waals surface area contributed by atoms with Gasteiger partial charge in [0.1, 0.15) is 4.21 Å². The summed E-state index contributed by atoms with van der Waals surface area (Å²) in [6, 6.07) is 7.60. The maximum Gasteiger partial charge on any atom is 0.250 e. The molecule has 1 N–H and O–H groups in total. The molecule has 26 heavy (non-hydrogen) atoms. The van der Waals surface area contributed by atoms with Crippen LogP contribution < -0.4 is 4.72 Å². The minimum Gasteiger partial charge on any atom is -0.376 e. The standard InChI is InChI=1S/C18H21N3O3S2/c1-11-8-21-9-14(6-15(21)10-24-11)20-26(22,23)18-12(2)16-5-13(7-19)3-4-17(16)25-18/h3-5,11,14-15,20H,6,8-10H2,1-2H3/t11-,14+,15-/m0/s1. The topological polar surface area (TPSA) is 82.4 Å².